The van der Waals surface area contributed by atoms with Gasteiger partial charge in [0.15, 0.2) is 0 Å². The Labute approximate surface area is 109 Å². The maximum absolute atomic E-state index is 13.2. The van der Waals surface area contributed by atoms with Gasteiger partial charge in [-0.05, 0) is 31.0 Å². The molecule has 0 amide bonds. The van der Waals surface area contributed by atoms with E-state index in [1.54, 1.807) is 12.5 Å². The average molecular weight is 267 g/mol. The maximum atomic E-state index is 13.2. The van der Waals surface area contributed by atoms with Gasteiger partial charge in [-0.15, -0.1) is 0 Å². The van der Waals surface area contributed by atoms with E-state index < -0.39 is 11.9 Å². The number of aliphatic hydroxyl groups excluding tert-OH is 1. The summed E-state index contributed by atoms with van der Waals surface area (Å²) in [6.45, 7) is 0. The van der Waals surface area contributed by atoms with Gasteiger partial charge in [-0.1, -0.05) is 11.6 Å². The van der Waals surface area contributed by atoms with Crippen LogP contribution in [0.15, 0.2) is 30.7 Å². The third kappa shape index (κ3) is 2.02. The number of hydrogen-bond donors (Lipinski definition) is 1. The number of rotatable bonds is 3. The van der Waals surface area contributed by atoms with Crippen LogP contribution >= 0.6 is 11.6 Å². The van der Waals surface area contributed by atoms with Gasteiger partial charge in [0.25, 0.3) is 0 Å². The van der Waals surface area contributed by atoms with Crippen LogP contribution in [0.4, 0.5) is 4.39 Å². The van der Waals surface area contributed by atoms with Gasteiger partial charge in [0, 0.05) is 16.6 Å². The highest BCUT2D eigenvalue weighted by Gasteiger charge is 2.28. The Hall–Kier alpha value is -1.39. The largest absolute Gasteiger partial charge is 0.382 e. The minimum atomic E-state index is -0.948. The standard InChI is InChI=1S/C13H12ClFN2O/c14-11-4-1-8(15)5-10(11)13(18)12-6-16-7-17(12)9-2-3-9/h1,4-7,9,13,18H,2-3H2. The number of hydrogen-bond acceptors (Lipinski definition) is 2. The molecule has 1 aliphatic rings. The second-order valence-corrected chi connectivity index (χ2v) is 4.93. The Bertz CT molecular complexity index is 580. The van der Waals surface area contributed by atoms with Crippen LogP contribution in [0.3, 0.4) is 0 Å². The Morgan fingerprint density at radius 2 is 2.22 bits per heavy atom. The smallest absolute Gasteiger partial charge is 0.123 e. The first-order chi connectivity index (χ1) is 8.66. The summed E-state index contributed by atoms with van der Waals surface area (Å²) in [5.41, 5.74) is 1.03. The number of imidazole rings is 1. The van der Waals surface area contributed by atoms with Gasteiger partial charge in [-0.25, -0.2) is 9.37 Å². The predicted octanol–water partition coefficient (Wildman–Crippen LogP) is 3.09. The third-order valence-corrected chi connectivity index (χ3v) is 3.51. The van der Waals surface area contributed by atoms with Crippen LogP contribution in [-0.4, -0.2) is 14.7 Å². The molecule has 94 valence electrons. The van der Waals surface area contributed by atoms with Crippen LogP contribution in [0.25, 0.3) is 0 Å². The van der Waals surface area contributed by atoms with Crippen molar-refractivity contribution >= 4 is 11.6 Å². The van der Waals surface area contributed by atoms with Crippen molar-refractivity contribution in [3.8, 4) is 0 Å². The molecule has 0 spiro atoms. The van der Waals surface area contributed by atoms with Gasteiger partial charge >= 0.3 is 0 Å². The van der Waals surface area contributed by atoms with Crippen LogP contribution in [0.1, 0.15) is 36.2 Å². The van der Waals surface area contributed by atoms with E-state index in [1.165, 1.54) is 18.2 Å². The number of halogens is 2. The van der Waals surface area contributed by atoms with E-state index >= 15 is 0 Å². The second-order valence-electron chi connectivity index (χ2n) is 4.53. The van der Waals surface area contributed by atoms with Crippen LogP contribution < -0.4 is 0 Å². The topological polar surface area (TPSA) is 38.1 Å². The minimum absolute atomic E-state index is 0.354. The molecule has 1 aliphatic carbocycles. The Morgan fingerprint density at radius 1 is 1.44 bits per heavy atom. The van der Waals surface area contributed by atoms with Crippen LogP contribution in [0, 0.1) is 5.82 Å². The van der Waals surface area contributed by atoms with E-state index in [9.17, 15) is 9.50 Å². The summed E-state index contributed by atoms with van der Waals surface area (Å²) >= 11 is 6.00. The predicted molar refractivity (Wildman–Crippen MR) is 66.0 cm³/mol. The number of benzene rings is 1. The first-order valence-corrected chi connectivity index (χ1v) is 6.19. The number of aliphatic hydroxyl groups is 1. The quantitative estimate of drug-likeness (QED) is 0.927. The van der Waals surface area contributed by atoms with Gasteiger partial charge in [0.2, 0.25) is 0 Å². The molecule has 1 saturated carbocycles. The van der Waals surface area contributed by atoms with E-state index in [0.29, 0.717) is 22.3 Å². The molecule has 2 aromatic rings. The summed E-state index contributed by atoms with van der Waals surface area (Å²) in [5, 5.41) is 10.7. The van der Waals surface area contributed by atoms with Crippen molar-refractivity contribution in [2.24, 2.45) is 0 Å². The molecule has 0 aliphatic heterocycles. The van der Waals surface area contributed by atoms with Crippen molar-refractivity contribution < 1.29 is 9.50 Å². The van der Waals surface area contributed by atoms with Crippen molar-refractivity contribution in [3.63, 3.8) is 0 Å². The molecular formula is C13H12ClFN2O. The number of nitrogens with zero attached hydrogens (tertiary/aromatic N) is 2. The van der Waals surface area contributed by atoms with Gasteiger partial charge in [-0.3, -0.25) is 0 Å². The maximum Gasteiger partial charge on any atom is 0.123 e. The molecule has 1 unspecified atom stereocenters. The summed E-state index contributed by atoms with van der Waals surface area (Å²) in [5.74, 6) is -0.411. The lowest BCUT2D eigenvalue weighted by atomic mass is 10.1. The summed E-state index contributed by atoms with van der Waals surface area (Å²) in [4.78, 5) is 4.05. The molecule has 1 aromatic heterocycles. The average Bonchev–Trinajstić information content (AvgIpc) is 3.09. The van der Waals surface area contributed by atoms with E-state index in [0.717, 1.165) is 12.8 Å². The molecule has 1 atom stereocenters. The van der Waals surface area contributed by atoms with Crippen LogP contribution in [0.5, 0.6) is 0 Å². The normalized spacial score (nSPS) is 16.8. The molecule has 3 nitrogen and oxygen atoms in total. The van der Waals surface area contributed by atoms with Gasteiger partial charge in [-0.2, -0.15) is 0 Å². The van der Waals surface area contributed by atoms with Crippen molar-refractivity contribution in [3.05, 3.63) is 52.8 Å². The highest BCUT2D eigenvalue weighted by atomic mass is 35.5. The molecular weight excluding hydrogens is 255 g/mol. The van der Waals surface area contributed by atoms with E-state index in [4.69, 9.17) is 11.6 Å². The summed E-state index contributed by atoms with van der Waals surface area (Å²) in [6, 6.07) is 4.39. The molecule has 0 bridgehead atoms. The molecule has 0 radical (unpaired) electrons. The first kappa shape index (κ1) is 11.7. The monoisotopic (exact) mass is 266 g/mol. The van der Waals surface area contributed by atoms with Crippen LogP contribution in [-0.2, 0) is 0 Å². The lowest BCUT2D eigenvalue weighted by molar-refractivity contribution is 0.209. The van der Waals surface area contributed by atoms with E-state index in [2.05, 4.69) is 4.98 Å². The lowest BCUT2D eigenvalue weighted by Crippen LogP contribution is -2.08. The van der Waals surface area contributed by atoms with Crippen molar-refractivity contribution in [2.45, 2.75) is 25.0 Å². The molecule has 0 saturated heterocycles. The van der Waals surface area contributed by atoms with Gasteiger partial charge < -0.3 is 9.67 Å². The highest BCUT2D eigenvalue weighted by molar-refractivity contribution is 6.31. The molecule has 1 fully saturated rings. The zero-order valence-corrected chi connectivity index (χ0v) is 10.3. The molecule has 18 heavy (non-hydrogen) atoms. The molecule has 5 heteroatoms. The summed E-state index contributed by atoms with van der Waals surface area (Å²) in [7, 11) is 0. The zero-order chi connectivity index (χ0) is 12.7. The first-order valence-electron chi connectivity index (χ1n) is 5.81. The summed E-state index contributed by atoms with van der Waals surface area (Å²) < 4.78 is 15.2. The minimum Gasteiger partial charge on any atom is -0.382 e. The van der Waals surface area contributed by atoms with E-state index in [1.807, 2.05) is 4.57 Å². The summed E-state index contributed by atoms with van der Waals surface area (Å²) in [6.07, 6.45) is 4.53. The van der Waals surface area contributed by atoms with E-state index in [-0.39, 0.29) is 0 Å². The Kier molecular flexibility index (Phi) is 2.84. The molecule has 1 aromatic carbocycles. The van der Waals surface area contributed by atoms with Crippen molar-refractivity contribution in [1.29, 1.82) is 0 Å². The second kappa shape index (κ2) is 4.37. The number of aromatic nitrogens is 2. The molecule has 1 heterocycles. The Balaban J connectivity index is 2.00. The van der Waals surface area contributed by atoms with Crippen molar-refractivity contribution in [2.75, 3.05) is 0 Å². The fourth-order valence-electron chi connectivity index (χ4n) is 2.07. The zero-order valence-electron chi connectivity index (χ0n) is 9.55. The fourth-order valence-corrected chi connectivity index (χ4v) is 2.29. The molecule has 3 rings (SSSR count). The Morgan fingerprint density at radius 3 is 2.94 bits per heavy atom. The molecule has 1 N–H and O–H groups in total. The van der Waals surface area contributed by atoms with Crippen LogP contribution in [0.2, 0.25) is 5.02 Å². The van der Waals surface area contributed by atoms with Gasteiger partial charge in [0.05, 0.1) is 18.2 Å². The highest BCUT2D eigenvalue weighted by Crippen LogP contribution is 2.38. The fraction of sp³-hybridized carbons (Fsp3) is 0.308. The SMILES string of the molecule is OC(c1cc(F)ccc1Cl)c1cncn1C1CC1. The van der Waals surface area contributed by atoms with Gasteiger partial charge in [0.1, 0.15) is 11.9 Å². The third-order valence-electron chi connectivity index (χ3n) is 3.17. The lowest BCUT2D eigenvalue weighted by Gasteiger charge is -2.15. The van der Waals surface area contributed by atoms with Crippen molar-refractivity contribution in [1.82, 2.24) is 9.55 Å².